The van der Waals surface area contributed by atoms with E-state index in [1.54, 1.807) is 18.2 Å². The van der Waals surface area contributed by atoms with Crippen LogP contribution in [0.2, 0.25) is 0 Å². The van der Waals surface area contributed by atoms with E-state index in [4.69, 9.17) is 14.2 Å². The monoisotopic (exact) mass is 529 g/mol. The van der Waals surface area contributed by atoms with Gasteiger partial charge in [0.15, 0.2) is 23.0 Å². The predicted molar refractivity (Wildman–Crippen MR) is 143 cm³/mol. The fraction of sp³-hybridized carbons (Fsp3) is 0.500. The number of rotatable bonds is 12. The third-order valence-electron chi connectivity index (χ3n) is 6.31. The Morgan fingerprint density at radius 3 is 2.39 bits per heavy atom. The molecule has 10 heteroatoms. The second-order valence-corrected chi connectivity index (χ2v) is 9.48. The van der Waals surface area contributed by atoms with Crippen LogP contribution in [0.1, 0.15) is 59.1 Å². The van der Waals surface area contributed by atoms with Crippen molar-refractivity contribution >= 4 is 11.8 Å². The molecule has 4 N–H and O–H groups in total. The number of hydrogen-bond donors (Lipinski definition) is 4. The second kappa shape index (κ2) is 13.9. The van der Waals surface area contributed by atoms with Crippen LogP contribution in [-0.4, -0.2) is 80.5 Å². The van der Waals surface area contributed by atoms with Gasteiger partial charge in [0, 0.05) is 42.9 Å². The molecule has 1 aliphatic heterocycles. The molecule has 1 aliphatic rings. The van der Waals surface area contributed by atoms with E-state index >= 15 is 0 Å². The van der Waals surface area contributed by atoms with Crippen molar-refractivity contribution in [2.75, 3.05) is 53.6 Å². The first-order chi connectivity index (χ1) is 18.2. The van der Waals surface area contributed by atoms with Gasteiger partial charge in [-0.2, -0.15) is 0 Å². The number of hydrogen-bond acceptors (Lipinski definition) is 8. The third kappa shape index (κ3) is 7.75. The van der Waals surface area contributed by atoms with Crippen molar-refractivity contribution in [2.45, 2.75) is 32.8 Å². The van der Waals surface area contributed by atoms with Crippen LogP contribution in [0.5, 0.6) is 23.0 Å². The SMILES string of the molecule is CCOc1ccc(C(=O)NCC2CCOC(c3cc(C(=O)NCCN(C)C)cc(O)c3OCC)C2)cc1O. The van der Waals surface area contributed by atoms with Gasteiger partial charge in [0.05, 0.1) is 19.3 Å². The summed E-state index contributed by atoms with van der Waals surface area (Å²) in [5, 5.41) is 26.6. The van der Waals surface area contributed by atoms with Crippen LogP contribution in [0, 0.1) is 5.92 Å². The van der Waals surface area contributed by atoms with E-state index in [0.29, 0.717) is 74.1 Å². The molecule has 2 aromatic carbocycles. The van der Waals surface area contributed by atoms with Gasteiger partial charge in [-0.1, -0.05) is 0 Å². The molecular formula is C28H39N3O7. The van der Waals surface area contributed by atoms with E-state index in [1.165, 1.54) is 12.1 Å². The summed E-state index contributed by atoms with van der Waals surface area (Å²) in [6.45, 7) is 6.43. The first-order valence-corrected chi connectivity index (χ1v) is 13.0. The van der Waals surface area contributed by atoms with Crippen molar-refractivity contribution in [2.24, 2.45) is 5.92 Å². The number of amides is 2. The van der Waals surface area contributed by atoms with Gasteiger partial charge in [0.2, 0.25) is 0 Å². The normalized spacial score (nSPS) is 17.2. The van der Waals surface area contributed by atoms with Crippen molar-refractivity contribution in [3.63, 3.8) is 0 Å². The minimum atomic E-state index is -0.415. The lowest BCUT2D eigenvalue weighted by atomic mass is 9.90. The molecule has 2 atom stereocenters. The molecule has 0 saturated carbocycles. The molecule has 2 aromatic rings. The summed E-state index contributed by atoms with van der Waals surface area (Å²) in [7, 11) is 3.85. The summed E-state index contributed by atoms with van der Waals surface area (Å²) < 4.78 is 17.1. The van der Waals surface area contributed by atoms with Gasteiger partial charge >= 0.3 is 0 Å². The van der Waals surface area contributed by atoms with Crippen molar-refractivity contribution < 1.29 is 34.0 Å². The van der Waals surface area contributed by atoms with Crippen molar-refractivity contribution in [1.82, 2.24) is 15.5 Å². The fourth-order valence-corrected chi connectivity index (χ4v) is 4.35. The lowest BCUT2D eigenvalue weighted by molar-refractivity contribution is -0.0114. The van der Waals surface area contributed by atoms with Gasteiger partial charge in [0.1, 0.15) is 0 Å². The maximum absolute atomic E-state index is 12.7. The highest BCUT2D eigenvalue weighted by Gasteiger charge is 2.29. The van der Waals surface area contributed by atoms with Crippen LogP contribution < -0.4 is 20.1 Å². The number of ether oxygens (including phenoxy) is 3. The first kappa shape index (κ1) is 29.1. The Morgan fingerprint density at radius 2 is 1.71 bits per heavy atom. The first-order valence-electron chi connectivity index (χ1n) is 13.0. The molecule has 10 nitrogen and oxygen atoms in total. The summed E-state index contributed by atoms with van der Waals surface area (Å²) in [5.41, 5.74) is 1.28. The summed E-state index contributed by atoms with van der Waals surface area (Å²) in [6.07, 6.45) is 0.897. The fourth-order valence-electron chi connectivity index (χ4n) is 4.35. The van der Waals surface area contributed by atoms with E-state index in [1.807, 2.05) is 32.8 Å². The van der Waals surface area contributed by atoms with Gasteiger partial charge in [-0.3, -0.25) is 9.59 Å². The van der Waals surface area contributed by atoms with Crippen LogP contribution in [0.3, 0.4) is 0 Å². The molecule has 0 spiro atoms. The maximum atomic E-state index is 12.7. The van der Waals surface area contributed by atoms with Crippen molar-refractivity contribution in [1.29, 1.82) is 0 Å². The second-order valence-electron chi connectivity index (χ2n) is 9.48. The number of nitrogens with one attached hydrogen (secondary N) is 2. The molecule has 1 fully saturated rings. The third-order valence-corrected chi connectivity index (χ3v) is 6.31. The van der Waals surface area contributed by atoms with E-state index in [0.717, 1.165) is 6.42 Å². The minimum absolute atomic E-state index is 0.0838. The molecule has 2 amide bonds. The molecule has 38 heavy (non-hydrogen) atoms. The van der Waals surface area contributed by atoms with Crippen LogP contribution in [0.15, 0.2) is 30.3 Å². The van der Waals surface area contributed by atoms with Crippen LogP contribution in [0.25, 0.3) is 0 Å². The van der Waals surface area contributed by atoms with Gasteiger partial charge < -0.3 is 40.0 Å². The zero-order chi connectivity index (χ0) is 27.7. The van der Waals surface area contributed by atoms with E-state index in [-0.39, 0.29) is 29.2 Å². The van der Waals surface area contributed by atoms with Crippen LogP contribution in [0.4, 0.5) is 0 Å². The number of nitrogens with zero attached hydrogens (tertiary/aromatic N) is 1. The molecule has 2 unspecified atom stereocenters. The highest BCUT2D eigenvalue weighted by atomic mass is 16.5. The molecule has 0 aliphatic carbocycles. The Hall–Kier alpha value is -3.50. The van der Waals surface area contributed by atoms with E-state index in [2.05, 4.69) is 10.6 Å². The zero-order valence-corrected chi connectivity index (χ0v) is 22.6. The van der Waals surface area contributed by atoms with Gasteiger partial charge in [0.25, 0.3) is 11.8 Å². The Labute approximate surface area is 223 Å². The van der Waals surface area contributed by atoms with Gasteiger partial charge in [-0.15, -0.1) is 0 Å². The number of benzene rings is 2. The van der Waals surface area contributed by atoms with Crippen LogP contribution in [-0.2, 0) is 4.74 Å². The average molecular weight is 530 g/mol. The van der Waals surface area contributed by atoms with Gasteiger partial charge in [-0.05, 0) is 77.0 Å². The summed E-state index contributed by atoms with van der Waals surface area (Å²) >= 11 is 0. The molecule has 0 bridgehead atoms. The van der Waals surface area contributed by atoms with E-state index in [9.17, 15) is 19.8 Å². The number of carbonyl (C=O) groups is 2. The molecule has 0 radical (unpaired) electrons. The predicted octanol–water partition coefficient (Wildman–Crippen LogP) is 3.08. The molecular weight excluding hydrogens is 490 g/mol. The molecule has 1 saturated heterocycles. The quantitative estimate of drug-likeness (QED) is 0.330. The lowest BCUT2D eigenvalue weighted by Gasteiger charge is -2.31. The summed E-state index contributed by atoms with van der Waals surface area (Å²) in [5.74, 6) is -0.0468. The lowest BCUT2D eigenvalue weighted by Crippen LogP contribution is -2.33. The Kier molecular flexibility index (Phi) is 10.6. The number of likely N-dealkylation sites (N-methyl/N-ethyl adjacent to an activating group) is 1. The largest absolute Gasteiger partial charge is 0.504 e. The van der Waals surface area contributed by atoms with E-state index < -0.39 is 6.10 Å². The van der Waals surface area contributed by atoms with Gasteiger partial charge in [-0.25, -0.2) is 0 Å². The Bertz CT molecular complexity index is 1110. The molecule has 3 rings (SSSR count). The highest BCUT2D eigenvalue weighted by molar-refractivity contribution is 5.95. The molecule has 208 valence electrons. The zero-order valence-electron chi connectivity index (χ0n) is 22.6. The standard InChI is InChI=1S/C28H39N3O7/c1-5-36-24-8-7-19(15-22(24)32)27(34)30-17-18-9-12-38-25(13-18)21-14-20(16-23(33)26(21)37-6-2)28(35)29-10-11-31(3)4/h7-8,14-16,18,25,32-33H,5-6,9-13,17H2,1-4H3,(H,29,35)(H,30,34). The molecule has 1 heterocycles. The summed E-state index contributed by atoms with van der Waals surface area (Å²) in [6, 6.07) is 7.69. The smallest absolute Gasteiger partial charge is 0.251 e. The maximum Gasteiger partial charge on any atom is 0.251 e. The summed E-state index contributed by atoms with van der Waals surface area (Å²) in [4.78, 5) is 27.4. The highest BCUT2D eigenvalue weighted by Crippen LogP contribution is 2.41. The number of phenolic OH excluding ortho intramolecular Hbond substituents is 2. The Morgan fingerprint density at radius 1 is 1.00 bits per heavy atom. The molecule has 0 aromatic heterocycles. The Balaban J connectivity index is 1.70. The van der Waals surface area contributed by atoms with Crippen molar-refractivity contribution in [3.05, 3.63) is 47.0 Å². The number of carbonyl (C=O) groups excluding carboxylic acids is 2. The number of aromatic hydroxyl groups is 2. The topological polar surface area (TPSA) is 130 Å². The minimum Gasteiger partial charge on any atom is -0.504 e. The number of phenols is 2. The average Bonchev–Trinajstić information content (AvgIpc) is 2.89. The van der Waals surface area contributed by atoms with Crippen LogP contribution >= 0.6 is 0 Å². The van der Waals surface area contributed by atoms with Crippen molar-refractivity contribution in [3.8, 4) is 23.0 Å².